The Kier molecular flexibility index (Phi) is 2.44. The fourth-order valence-corrected chi connectivity index (χ4v) is 3.83. The van der Waals surface area contributed by atoms with Gasteiger partial charge in [0.1, 0.15) is 0 Å². The van der Waals surface area contributed by atoms with E-state index in [1.54, 1.807) is 0 Å². The first kappa shape index (κ1) is 10.5. The maximum Gasteiger partial charge on any atom is 0.221 e. The molecule has 3 fully saturated rings. The van der Waals surface area contributed by atoms with Gasteiger partial charge in [-0.2, -0.15) is 0 Å². The van der Waals surface area contributed by atoms with Gasteiger partial charge in [0.25, 0.3) is 0 Å². The molecule has 0 saturated carbocycles. The molecule has 0 bridgehead atoms. The summed E-state index contributed by atoms with van der Waals surface area (Å²) in [5.41, 5.74) is -0.157. The normalized spacial score (nSPS) is 43.7. The van der Waals surface area contributed by atoms with Gasteiger partial charge in [-0.1, -0.05) is 6.42 Å². The number of amides is 1. The molecule has 2 N–H and O–H groups in total. The van der Waals surface area contributed by atoms with E-state index < -0.39 is 0 Å². The summed E-state index contributed by atoms with van der Waals surface area (Å²) in [6, 6.07) is 0.667. The minimum absolute atomic E-state index is 0.131. The average molecular weight is 224 g/mol. The van der Waals surface area contributed by atoms with Gasteiger partial charge in [0, 0.05) is 17.9 Å². The van der Waals surface area contributed by atoms with Gasteiger partial charge in [0.15, 0.2) is 0 Å². The summed E-state index contributed by atoms with van der Waals surface area (Å²) in [6.45, 7) is 2.37. The molecule has 0 aromatic rings. The first-order chi connectivity index (χ1) is 7.75. The monoisotopic (exact) mass is 224 g/mol. The lowest BCUT2D eigenvalue weighted by Crippen LogP contribution is -2.61. The van der Waals surface area contributed by atoms with E-state index in [1.165, 1.54) is 25.8 Å². The highest BCUT2D eigenvalue weighted by molar-refractivity contribution is 5.80. The van der Waals surface area contributed by atoms with Crippen molar-refractivity contribution in [2.75, 3.05) is 19.7 Å². The van der Waals surface area contributed by atoms with E-state index in [0.717, 1.165) is 13.0 Å². The summed E-state index contributed by atoms with van der Waals surface area (Å²) in [5.74, 6) is 0.131. The molecular weight excluding hydrogens is 204 g/mol. The summed E-state index contributed by atoms with van der Waals surface area (Å²) in [6.07, 6.45) is 5.20. The fraction of sp³-hybridized carbons (Fsp3) is 0.917. The van der Waals surface area contributed by atoms with E-state index in [2.05, 4.69) is 10.2 Å². The Bertz CT molecular complexity index is 307. The van der Waals surface area contributed by atoms with Crippen LogP contribution in [0.2, 0.25) is 0 Å². The third kappa shape index (κ3) is 1.39. The Labute approximate surface area is 96.0 Å². The standard InChI is InChI=1S/C12H20N2O2/c15-8-12-4-6-14-5-2-1-3-9(14)11(12)13-10(16)7-12/h9,11,15H,1-8H2,(H,13,16). The second-order valence-electron chi connectivity index (χ2n) is 5.59. The van der Waals surface area contributed by atoms with Crippen LogP contribution >= 0.6 is 0 Å². The lowest BCUT2D eigenvalue weighted by molar-refractivity contribution is -0.120. The number of nitrogens with one attached hydrogen (secondary N) is 1. The molecule has 0 radical (unpaired) electrons. The Morgan fingerprint density at radius 1 is 1.44 bits per heavy atom. The van der Waals surface area contributed by atoms with Crippen LogP contribution in [0.15, 0.2) is 0 Å². The minimum atomic E-state index is -0.157. The Morgan fingerprint density at radius 2 is 2.31 bits per heavy atom. The van der Waals surface area contributed by atoms with Crippen molar-refractivity contribution in [3.63, 3.8) is 0 Å². The fourth-order valence-electron chi connectivity index (χ4n) is 3.83. The number of aliphatic hydroxyl groups is 1. The maximum atomic E-state index is 11.6. The third-order valence-corrected chi connectivity index (χ3v) is 4.75. The smallest absolute Gasteiger partial charge is 0.221 e. The predicted octanol–water partition coefficient (Wildman–Crippen LogP) is 0.112. The Hall–Kier alpha value is -0.610. The van der Waals surface area contributed by atoms with Crippen LogP contribution in [0.1, 0.15) is 32.1 Å². The number of fused-ring (bicyclic) bond motifs is 3. The van der Waals surface area contributed by atoms with Crippen molar-refractivity contribution in [1.82, 2.24) is 10.2 Å². The van der Waals surface area contributed by atoms with Crippen molar-refractivity contribution >= 4 is 5.91 Å². The molecule has 3 saturated heterocycles. The van der Waals surface area contributed by atoms with Crippen molar-refractivity contribution in [3.8, 4) is 0 Å². The molecule has 3 aliphatic heterocycles. The molecule has 0 aliphatic carbocycles. The maximum absolute atomic E-state index is 11.6. The van der Waals surface area contributed by atoms with Crippen LogP contribution in [0.4, 0.5) is 0 Å². The summed E-state index contributed by atoms with van der Waals surface area (Å²) in [7, 11) is 0. The minimum Gasteiger partial charge on any atom is -0.396 e. The van der Waals surface area contributed by atoms with Crippen LogP contribution in [-0.4, -0.2) is 47.7 Å². The number of hydrogen-bond donors (Lipinski definition) is 2. The van der Waals surface area contributed by atoms with Gasteiger partial charge >= 0.3 is 0 Å². The van der Waals surface area contributed by atoms with Crippen LogP contribution in [0.5, 0.6) is 0 Å². The van der Waals surface area contributed by atoms with E-state index in [9.17, 15) is 9.90 Å². The predicted molar refractivity (Wildman–Crippen MR) is 59.9 cm³/mol. The summed E-state index contributed by atoms with van der Waals surface area (Å²) >= 11 is 0. The van der Waals surface area contributed by atoms with Gasteiger partial charge in [-0.05, 0) is 32.4 Å². The van der Waals surface area contributed by atoms with Crippen LogP contribution in [0.25, 0.3) is 0 Å². The number of piperidine rings is 2. The molecule has 0 spiro atoms. The van der Waals surface area contributed by atoms with Crippen LogP contribution < -0.4 is 5.32 Å². The van der Waals surface area contributed by atoms with Gasteiger partial charge < -0.3 is 10.4 Å². The molecule has 0 aromatic heterocycles. The van der Waals surface area contributed by atoms with E-state index in [0.29, 0.717) is 12.5 Å². The number of rotatable bonds is 1. The number of carbonyl (C=O) groups excluding carboxylic acids is 1. The lowest BCUT2D eigenvalue weighted by atomic mass is 9.70. The molecule has 16 heavy (non-hydrogen) atoms. The van der Waals surface area contributed by atoms with Crippen LogP contribution in [0, 0.1) is 5.41 Å². The Morgan fingerprint density at radius 3 is 3.12 bits per heavy atom. The van der Waals surface area contributed by atoms with Crippen molar-refractivity contribution in [2.45, 2.75) is 44.2 Å². The van der Waals surface area contributed by atoms with Crippen molar-refractivity contribution in [3.05, 3.63) is 0 Å². The topological polar surface area (TPSA) is 52.6 Å². The molecule has 3 aliphatic rings. The molecular formula is C12H20N2O2. The van der Waals surface area contributed by atoms with Gasteiger partial charge in [0.2, 0.25) is 5.91 Å². The first-order valence-electron chi connectivity index (χ1n) is 6.39. The molecule has 0 aromatic carbocycles. The second kappa shape index (κ2) is 3.70. The molecule has 90 valence electrons. The highest BCUT2D eigenvalue weighted by Gasteiger charge is 2.53. The average Bonchev–Trinajstić information content (AvgIpc) is 2.66. The summed E-state index contributed by atoms with van der Waals surface area (Å²) in [5, 5.41) is 12.8. The quantitative estimate of drug-likeness (QED) is 0.665. The molecule has 3 unspecified atom stereocenters. The zero-order chi connectivity index (χ0) is 11.2. The molecule has 4 nitrogen and oxygen atoms in total. The number of aliphatic hydroxyl groups excluding tert-OH is 1. The number of nitrogens with zero attached hydrogens (tertiary/aromatic N) is 1. The van der Waals surface area contributed by atoms with Crippen molar-refractivity contribution < 1.29 is 9.90 Å². The second-order valence-corrected chi connectivity index (χ2v) is 5.59. The highest BCUT2D eigenvalue weighted by atomic mass is 16.3. The van der Waals surface area contributed by atoms with Gasteiger partial charge in [0.05, 0.1) is 12.6 Å². The summed E-state index contributed by atoms with van der Waals surface area (Å²) in [4.78, 5) is 14.1. The summed E-state index contributed by atoms with van der Waals surface area (Å²) < 4.78 is 0. The van der Waals surface area contributed by atoms with E-state index in [-0.39, 0.29) is 24.0 Å². The van der Waals surface area contributed by atoms with Gasteiger partial charge in [-0.25, -0.2) is 0 Å². The van der Waals surface area contributed by atoms with Crippen molar-refractivity contribution in [2.24, 2.45) is 5.41 Å². The molecule has 4 heteroatoms. The molecule has 3 heterocycles. The lowest BCUT2D eigenvalue weighted by Gasteiger charge is -2.50. The van der Waals surface area contributed by atoms with Gasteiger partial charge in [-0.3, -0.25) is 9.69 Å². The third-order valence-electron chi connectivity index (χ3n) is 4.75. The van der Waals surface area contributed by atoms with Crippen LogP contribution in [-0.2, 0) is 4.79 Å². The SMILES string of the molecule is O=C1CC2(CO)CCN3CCCCC3C2N1. The molecule has 3 rings (SSSR count). The largest absolute Gasteiger partial charge is 0.396 e. The van der Waals surface area contributed by atoms with Crippen LogP contribution in [0.3, 0.4) is 0 Å². The van der Waals surface area contributed by atoms with Crippen molar-refractivity contribution in [1.29, 1.82) is 0 Å². The Balaban J connectivity index is 1.87. The highest BCUT2D eigenvalue weighted by Crippen LogP contribution is 2.43. The van der Waals surface area contributed by atoms with Gasteiger partial charge in [-0.15, -0.1) is 0 Å². The first-order valence-corrected chi connectivity index (χ1v) is 6.39. The zero-order valence-electron chi connectivity index (χ0n) is 9.61. The zero-order valence-corrected chi connectivity index (χ0v) is 9.61. The van der Waals surface area contributed by atoms with E-state index >= 15 is 0 Å². The van der Waals surface area contributed by atoms with E-state index in [4.69, 9.17) is 0 Å². The number of carbonyl (C=O) groups is 1. The van der Waals surface area contributed by atoms with E-state index in [1.807, 2.05) is 0 Å². The number of hydrogen-bond acceptors (Lipinski definition) is 3. The molecule has 1 amide bonds. The molecule has 3 atom stereocenters.